The average molecular weight is 530 g/mol. The highest BCUT2D eigenvalue weighted by molar-refractivity contribution is 5.89. The summed E-state index contributed by atoms with van der Waals surface area (Å²) < 4.78 is 55.7. The van der Waals surface area contributed by atoms with Crippen molar-refractivity contribution in [1.29, 1.82) is 0 Å². The van der Waals surface area contributed by atoms with Gasteiger partial charge in [-0.15, -0.1) is 0 Å². The molecule has 0 aliphatic carbocycles. The third kappa shape index (κ3) is 5.01. The van der Waals surface area contributed by atoms with Crippen LogP contribution in [0.2, 0.25) is 0 Å². The molecule has 2 fully saturated rings. The summed E-state index contributed by atoms with van der Waals surface area (Å²) in [6.07, 6.45) is 0.707. The topological polar surface area (TPSA) is 53.4 Å². The van der Waals surface area contributed by atoms with E-state index >= 15 is 0 Å². The van der Waals surface area contributed by atoms with E-state index in [2.05, 4.69) is 15.2 Å². The van der Waals surface area contributed by atoms with Gasteiger partial charge in [0, 0.05) is 45.1 Å². The van der Waals surface area contributed by atoms with Crippen LogP contribution in [0.3, 0.4) is 0 Å². The van der Waals surface area contributed by atoms with Gasteiger partial charge in [0.2, 0.25) is 5.91 Å². The molecule has 38 heavy (non-hydrogen) atoms. The zero-order valence-electron chi connectivity index (χ0n) is 21.4. The third-order valence-electron chi connectivity index (χ3n) is 7.92. The fourth-order valence-corrected chi connectivity index (χ4v) is 5.65. The number of pyridine rings is 1. The minimum atomic E-state index is -4.61. The van der Waals surface area contributed by atoms with Crippen LogP contribution in [0, 0.1) is 5.82 Å². The summed E-state index contributed by atoms with van der Waals surface area (Å²) in [5.74, 6) is -1.00. The molecule has 3 aromatic rings. The second-order valence-electron chi connectivity index (χ2n) is 10.4. The lowest BCUT2D eigenvalue weighted by Gasteiger charge is -2.42. The lowest BCUT2D eigenvalue weighted by atomic mass is 9.72. The number of aryl methyl sites for hydroxylation is 1. The molecule has 6 nitrogen and oxygen atoms in total. The van der Waals surface area contributed by atoms with E-state index in [0.29, 0.717) is 32.0 Å². The number of likely N-dealkylation sites (N-methyl/N-ethyl adjacent to an activating group) is 1. The number of carbonyl (C=O) groups excluding carboxylic acids is 1. The van der Waals surface area contributed by atoms with Crippen LogP contribution in [0.25, 0.3) is 11.4 Å². The molecule has 0 saturated carbocycles. The summed E-state index contributed by atoms with van der Waals surface area (Å²) in [5, 5.41) is 3.23. The van der Waals surface area contributed by atoms with Crippen LogP contribution in [0.15, 0.2) is 54.9 Å². The summed E-state index contributed by atoms with van der Waals surface area (Å²) in [7, 11) is 3.96. The third-order valence-corrected chi connectivity index (χ3v) is 7.92. The molecule has 2 aliphatic rings. The first-order chi connectivity index (χ1) is 18.1. The smallest absolute Gasteiger partial charge is 0.369 e. The Bertz CT molecular complexity index is 1300. The molecule has 1 atom stereocenters. The van der Waals surface area contributed by atoms with E-state index in [1.807, 2.05) is 49.1 Å². The number of nitrogens with one attached hydrogen (secondary N) is 1. The highest BCUT2D eigenvalue weighted by Crippen LogP contribution is 2.39. The molecule has 0 spiro atoms. The molecular weight excluding hydrogens is 498 g/mol. The molecule has 5 rings (SSSR count). The van der Waals surface area contributed by atoms with Crippen molar-refractivity contribution in [2.45, 2.75) is 36.9 Å². The van der Waals surface area contributed by atoms with Crippen molar-refractivity contribution in [3.05, 3.63) is 71.8 Å². The van der Waals surface area contributed by atoms with Gasteiger partial charge in [-0.2, -0.15) is 13.2 Å². The number of piperidine rings is 1. The van der Waals surface area contributed by atoms with Crippen molar-refractivity contribution < 1.29 is 22.4 Å². The highest BCUT2D eigenvalue weighted by Gasteiger charge is 2.44. The number of rotatable bonds is 5. The van der Waals surface area contributed by atoms with Gasteiger partial charge in [-0.1, -0.05) is 6.07 Å². The normalized spacial score (nSPS) is 20.1. The van der Waals surface area contributed by atoms with Crippen LogP contribution < -0.4 is 10.2 Å². The van der Waals surface area contributed by atoms with Crippen molar-refractivity contribution in [3.63, 3.8) is 0 Å². The van der Waals surface area contributed by atoms with Crippen molar-refractivity contribution in [2.75, 3.05) is 38.1 Å². The van der Waals surface area contributed by atoms with Gasteiger partial charge < -0.3 is 19.7 Å². The SMILES string of the molecule is CN1CC[C@H](NC(=O)C2(c3ccc(-c4cccn4C)nc3)CCN(c3ccc(C(F)(F)F)cc3F)CC2)C1. The van der Waals surface area contributed by atoms with Crippen molar-refractivity contribution >= 4 is 11.6 Å². The van der Waals surface area contributed by atoms with Gasteiger partial charge >= 0.3 is 6.18 Å². The van der Waals surface area contributed by atoms with E-state index in [1.165, 1.54) is 6.07 Å². The molecule has 1 aromatic carbocycles. The Kier molecular flexibility index (Phi) is 6.94. The molecule has 0 radical (unpaired) electrons. The molecule has 0 bridgehead atoms. The lowest BCUT2D eigenvalue weighted by molar-refractivity contribution is -0.137. The average Bonchev–Trinajstić information content (AvgIpc) is 3.51. The second-order valence-corrected chi connectivity index (χ2v) is 10.4. The summed E-state index contributed by atoms with van der Waals surface area (Å²) in [6, 6.07) is 10.4. The number of anilines is 1. The van der Waals surface area contributed by atoms with E-state index in [4.69, 9.17) is 0 Å². The maximum atomic E-state index is 14.7. The number of amides is 1. The molecule has 2 aliphatic heterocycles. The molecule has 1 N–H and O–H groups in total. The quantitative estimate of drug-likeness (QED) is 0.491. The number of nitrogens with zero attached hydrogens (tertiary/aromatic N) is 4. The first kappa shape index (κ1) is 26.2. The van der Waals surface area contributed by atoms with E-state index in [1.54, 1.807) is 11.1 Å². The van der Waals surface area contributed by atoms with E-state index in [-0.39, 0.29) is 17.6 Å². The molecule has 0 unspecified atom stereocenters. The highest BCUT2D eigenvalue weighted by atomic mass is 19.4. The molecule has 1 amide bonds. The predicted octanol–water partition coefficient (Wildman–Crippen LogP) is 4.60. The number of alkyl halides is 3. The Morgan fingerprint density at radius 2 is 1.84 bits per heavy atom. The van der Waals surface area contributed by atoms with Gasteiger partial charge in [-0.25, -0.2) is 4.39 Å². The number of likely N-dealkylation sites (tertiary alicyclic amines) is 1. The van der Waals surface area contributed by atoms with Gasteiger partial charge in [0.15, 0.2) is 0 Å². The molecule has 202 valence electrons. The molecular formula is C28H31F4N5O. The number of hydrogen-bond donors (Lipinski definition) is 1. The number of hydrogen-bond acceptors (Lipinski definition) is 4. The zero-order valence-corrected chi connectivity index (χ0v) is 21.4. The largest absolute Gasteiger partial charge is 0.416 e. The van der Waals surface area contributed by atoms with Gasteiger partial charge in [0.1, 0.15) is 5.82 Å². The van der Waals surface area contributed by atoms with Crippen molar-refractivity contribution in [1.82, 2.24) is 19.8 Å². The van der Waals surface area contributed by atoms with Gasteiger partial charge in [-0.3, -0.25) is 9.78 Å². The zero-order chi connectivity index (χ0) is 27.1. The van der Waals surface area contributed by atoms with Gasteiger partial charge in [-0.05, 0) is 74.8 Å². The van der Waals surface area contributed by atoms with Crippen molar-refractivity contribution in [2.24, 2.45) is 7.05 Å². The Labute approximate surface area is 219 Å². The minimum absolute atomic E-state index is 0.0466. The van der Waals surface area contributed by atoms with Crippen molar-refractivity contribution in [3.8, 4) is 11.4 Å². The molecule has 2 saturated heterocycles. The van der Waals surface area contributed by atoms with E-state index in [9.17, 15) is 22.4 Å². The van der Waals surface area contributed by atoms with E-state index in [0.717, 1.165) is 42.5 Å². The lowest BCUT2D eigenvalue weighted by Crippen LogP contribution is -2.54. The van der Waals surface area contributed by atoms with Crippen LogP contribution in [-0.4, -0.2) is 59.6 Å². The Morgan fingerprint density at radius 1 is 1.08 bits per heavy atom. The molecule has 10 heteroatoms. The number of aromatic nitrogens is 2. The monoisotopic (exact) mass is 529 g/mol. The summed E-state index contributed by atoms with van der Waals surface area (Å²) in [5.41, 5.74) is 0.749. The summed E-state index contributed by atoms with van der Waals surface area (Å²) in [6.45, 7) is 2.32. The number of halogens is 4. The molecule has 2 aromatic heterocycles. The van der Waals surface area contributed by atoms with Crippen LogP contribution >= 0.6 is 0 Å². The number of carbonyl (C=O) groups is 1. The molecule has 4 heterocycles. The Morgan fingerprint density at radius 3 is 2.39 bits per heavy atom. The fraction of sp³-hybridized carbons (Fsp3) is 0.429. The second kappa shape index (κ2) is 10.1. The minimum Gasteiger partial charge on any atom is -0.369 e. The predicted molar refractivity (Wildman–Crippen MR) is 137 cm³/mol. The van der Waals surface area contributed by atoms with Crippen LogP contribution in [0.4, 0.5) is 23.2 Å². The Balaban J connectivity index is 1.41. The van der Waals surface area contributed by atoms with Gasteiger partial charge in [0.25, 0.3) is 0 Å². The summed E-state index contributed by atoms with van der Waals surface area (Å²) >= 11 is 0. The van der Waals surface area contributed by atoms with Crippen LogP contribution in [-0.2, 0) is 23.4 Å². The maximum absolute atomic E-state index is 14.7. The maximum Gasteiger partial charge on any atom is 0.416 e. The first-order valence-electron chi connectivity index (χ1n) is 12.8. The summed E-state index contributed by atoms with van der Waals surface area (Å²) in [4.78, 5) is 22.4. The van der Waals surface area contributed by atoms with Gasteiger partial charge in [0.05, 0.1) is 28.1 Å². The standard InChI is InChI=1S/C28H31F4N5O/c1-35-13-9-21(18-35)34-26(38)27(20-5-7-23(33-17-20)25-4-3-12-36(25)2)10-14-37(15-11-27)24-8-6-19(16-22(24)29)28(30,31)32/h3-8,12,16-17,21H,9-11,13-15,18H2,1-2H3,(H,34,38)/t21-/m0/s1. The van der Waals surface area contributed by atoms with E-state index < -0.39 is 23.0 Å². The first-order valence-corrected chi connectivity index (χ1v) is 12.8. The number of benzene rings is 1. The fourth-order valence-electron chi connectivity index (χ4n) is 5.65. The Hall–Kier alpha value is -3.40. The van der Waals surface area contributed by atoms with Crippen LogP contribution in [0.1, 0.15) is 30.4 Å². The van der Waals surface area contributed by atoms with Crippen LogP contribution in [0.5, 0.6) is 0 Å².